The van der Waals surface area contributed by atoms with Crippen LogP contribution in [0.3, 0.4) is 0 Å². The van der Waals surface area contributed by atoms with Gasteiger partial charge in [0, 0.05) is 29.6 Å². The van der Waals surface area contributed by atoms with Crippen LogP contribution in [0.5, 0.6) is 0 Å². The molecule has 0 aliphatic heterocycles. The Morgan fingerprint density at radius 3 is 2.73 bits per heavy atom. The van der Waals surface area contributed by atoms with Crippen molar-refractivity contribution >= 4 is 17.1 Å². The maximum atomic E-state index is 12.2. The van der Waals surface area contributed by atoms with E-state index in [0.717, 1.165) is 30.5 Å². The Morgan fingerprint density at radius 1 is 1.08 bits per heavy atom. The lowest BCUT2D eigenvalue weighted by Gasteiger charge is -2.13. The number of nitrogen functional groups attached to an aromatic ring is 1. The fourth-order valence-corrected chi connectivity index (χ4v) is 4.05. The minimum atomic E-state index is 0.0622. The number of aromatic nitrogens is 1. The fourth-order valence-electron chi connectivity index (χ4n) is 4.05. The summed E-state index contributed by atoms with van der Waals surface area (Å²) >= 11 is 0. The maximum absolute atomic E-state index is 12.2. The second-order valence-corrected chi connectivity index (χ2v) is 7.09. The molecule has 1 aliphatic rings. The number of nitrogens with two attached hydrogens (primary N) is 1. The van der Waals surface area contributed by atoms with Crippen molar-refractivity contribution in [2.75, 3.05) is 12.3 Å². The monoisotopic (exact) mass is 347 g/mol. The predicted octanol–water partition coefficient (Wildman–Crippen LogP) is 3.30. The maximum Gasteiger partial charge on any atom is 0.224 e. The summed E-state index contributed by atoms with van der Waals surface area (Å²) in [4.78, 5) is 12.2. The van der Waals surface area contributed by atoms with Crippen LogP contribution in [0.2, 0.25) is 0 Å². The molecule has 0 unspecified atom stereocenters. The largest absolute Gasteiger partial charge is 0.399 e. The van der Waals surface area contributed by atoms with Gasteiger partial charge in [-0.15, -0.1) is 0 Å². The predicted molar refractivity (Wildman–Crippen MR) is 105 cm³/mol. The van der Waals surface area contributed by atoms with E-state index >= 15 is 0 Å². The number of hydrogen-bond donors (Lipinski definition) is 2. The number of nitrogens with one attached hydrogen (secondary N) is 1. The third-order valence-corrected chi connectivity index (χ3v) is 5.30. The van der Waals surface area contributed by atoms with Crippen molar-refractivity contribution in [1.29, 1.82) is 0 Å². The summed E-state index contributed by atoms with van der Waals surface area (Å²) in [6, 6.07) is 13.9. The lowest BCUT2D eigenvalue weighted by molar-refractivity contribution is -0.120. The molecule has 2 heterocycles. The number of pyridine rings is 1. The Kier molecular flexibility index (Phi) is 4.65. The highest BCUT2D eigenvalue weighted by Gasteiger charge is 2.20. The van der Waals surface area contributed by atoms with E-state index < -0.39 is 0 Å². The topological polar surface area (TPSA) is 59.5 Å². The van der Waals surface area contributed by atoms with Crippen LogP contribution in [-0.4, -0.2) is 16.9 Å². The van der Waals surface area contributed by atoms with Gasteiger partial charge in [0.1, 0.15) is 0 Å². The number of carbonyl (C=O) groups is 1. The SMILES string of the molecule is Nc1ccc(CC(=O)NCCc2c3c(n4ccccc24)CCCC3)cc1. The number of benzene rings is 1. The van der Waals surface area contributed by atoms with E-state index in [9.17, 15) is 4.79 Å². The molecule has 2 aromatic heterocycles. The van der Waals surface area contributed by atoms with Gasteiger partial charge >= 0.3 is 0 Å². The number of fused-ring (bicyclic) bond motifs is 3. The van der Waals surface area contributed by atoms with Crippen LogP contribution >= 0.6 is 0 Å². The van der Waals surface area contributed by atoms with Gasteiger partial charge in [-0.05, 0) is 73.1 Å². The van der Waals surface area contributed by atoms with Gasteiger partial charge in [0.05, 0.1) is 6.42 Å². The quantitative estimate of drug-likeness (QED) is 0.696. The Balaban J connectivity index is 1.43. The highest BCUT2D eigenvalue weighted by atomic mass is 16.1. The molecule has 0 saturated heterocycles. The lowest BCUT2D eigenvalue weighted by Crippen LogP contribution is -2.27. The Labute approximate surface area is 154 Å². The zero-order valence-corrected chi connectivity index (χ0v) is 15.0. The molecular weight excluding hydrogens is 322 g/mol. The highest BCUT2D eigenvalue weighted by Crippen LogP contribution is 2.30. The van der Waals surface area contributed by atoms with E-state index in [-0.39, 0.29) is 5.91 Å². The standard InChI is InChI=1S/C22H25N3O/c23-17-10-8-16(9-11-17)15-22(26)24-13-12-19-18-5-1-2-6-20(18)25-14-4-3-7-21(19)25/h3-4,7-11,14H,1-2,5-6,12-13,15,23H2,(H,24,26). The number of nitrogens with zero attached hydrogens (tertiary/aromatic N) is 1. The molecule has 4 rings (SSSR count). The molecule has 3 N–H and O–H groups in total. The molecule has 1 aliphatic carbocycles. The number of hydrogen-bond acceptors (Lipinski definition) is 2. The summed E-state index contributed by atoms with van der Waals surface area (Å²) in [6.45, 7) is 0.675. The van der Waals surface area contributed by atoms with Crippen molar-refractivity contribution in [3.63, 3.8) is 0 Å². The molecule has 0 fully saturated rings. The van der Waals surface area contributed by atoms with Crippen molar-refractivity contribution in [2.24, 2.45) is 0 Å². The van der Waals surface area contributed by atoms with Gasteiger partial charge in [-0.1, -0.05) is 18.2 Å². The molecule has 0 atom stereocenters. The molecule has 3 aromatic rings. The summed E-state index contributed by atoms with van der Waals surface area (Å²) in [5.74, 6) is 0.0622. The van der Waals surface area contributed by atoms with Gasteiger partial charge < -0.3 is 15.5 Å². The molecule has 134 valence electrons. The van der Waals surface area contributed by atoms with Gasteiger partial charge in [-0.3, -0.25) is 4.79 Å². The average molecular weight is 347 g/mol. The number of amides is 1. The van der Waals surface area contributed by atoms with E-state index in [1.807, 2.05) is 24.3 Å². The van der Waals surface area contributed by atoms with Crippen LogP contribution < -0.4 is 11.1 Å². The number of rotatable bonds is 5. The molecule has 0 radical (unpaired) electrons. The third-order valence-electron chi connectivity index (χ3n) is 5.30. The Bertz CT molecular complexity index is 924. The third kappa shape index (κ3) is 3.32. The van der Waals surface area contributed by atoms with Gasteiger partial charge in [-0.25, -0.2) is 0 Å². The molecule has 26 heavy (non-hydrogen) atoms. The van der Waals surface area contributed by atoms with E-state index in [1.54, 1.807) is 0 Å². The van der Waals surface area contributed by atoms with Crippen LogP contribution in [0.1, 0.15) is 35.2 Å². The first-order valence-electron chi connectivity index (χ1n) is 9.43. The summed E-state index contributed by atoms with van der Waals surface area (Å²) in [5, 5.41) is 3.08. The molecule has 0 bridgehead atoms. The van der Waals surface area contributed by atoms with Crippen molar-refractivity contribution in [3.8, 4) is 0 Å². The number of carbonyl (C=O) groups excluding carboxylic acids is 1. The first-order valence-corrected chi connectivity index (χ1v) is 9.43. The average Bonchev–Trinajstić information content (AvgIpc) is 2.98. The normalized spacial score (nSPS) is 13.5. The molecule has 0 saturated carbocycles. The van der Waals surface area contributed by atoms with Crippen molar-refractivity contribution in [1.82, 2.24) is 9.72 Å². The minimum absolute atomic E-state index is 0.0622. The molecule has 4 heteroatoms. The molecule has 1 aromatic carbocycles. The summed E-state index contributed by atoms with van der Waals surface area (Å²) in [7, 11) is 0. The summed E-state index contributed by atoms with van der Waals surface area (Å²) in [5.41, 5.74) is 13.1. The summed E-state index contributed by atoms with van der Waals surface area (Å²) < 4.78 is 2.35. The van der Waals surface area contributed by atoms with Crippen molar-refractivity contribution in [3.05, 3.63) is 71.0 Å². The van der Waals surface area contributed by atoms with Crippen LogP contribution in [0.4, 0.5) is 5.69 Å². The second kappa shape index (κ2) is 7.24. The summed E-state index contributed by atoms with van der Waals surface area (Å²) in [6.07, 6.45) is 8.30. The smallest absolute Gasteiger partial charge is 0.224 e. The van der Waals surface area contributed by atoms with E-state index in [4.69, 9.17) is 5.73 Å². The van der Waals surface area contributed by atoms with Crippen LogP contribution in [0.15, 0.2) is 48.7 Å². The Morgan fingerprint density at radius 2 is 1.88 bits per heavy atom. The minimum Gasteiger partial charge on any atom is -0.399 e. The molecule has 4 nitrogen and oxygen atoms in total. The number of aryl methyl sites for hydroxylation is 1. The first-order chi connectivity index (χ1) is 12.7. The molecule has 0 spiro atoms. The second-order valence-electron chi connectivity index (χ2n) is 7.09. The van der Waals surface area contributed by atoms with Crippen molar-refractivity contribution in [2.45, 2.75) is 38.5 Å². The Hall–Kier alpha value is -2.75. The zero-order valence-electron chi connectivity index (χ0n) is 15.0. The van der Waals surface area contributed by atoms with E-state index in [0.29, 0.717) is 13.0 Å². The van der Waals surface area contributed by atoms with E-state index in [1.165, 1.54) is 35.2 Å². The van der Waals surface area contributed by atoms with Gasteiger partial charge in [0.15, 0.2) is 0 Å². The van der Waals surface area contributed by atoms with Crippen LogP contribution in [-0.2, 0) is 30.5 Å². The fraction of sp³-hybridized carbons (Fsp3) is 0.318. The number of anilines is 1. The lowest BCUT2D eigenvalue weighted by atomic mass is 9.93. The van der Waals surface area contributed by atoms with Gasteiger partial charge in [-0.2, -0.15) is 0 Å². The van der Waals surface area contributed by atoms with Crippen LogP contribution in [0, 0.1) is 0 Å². The first kappa shape index (κ1) is 16.7. The van der Waals surface area contributed by atoms with Crippen molar-refractivity contribution < 1.29 is 4.79 Å². The van der Waals surface area contributed by atoms with Gasteiger partial charge in [0.25, 0.3) is 0 Å². The highest BCUT2D eigenvalue weighted by molar-refractivity contribution is 5.78. The van der Waals surface area contributed by atoms with Gasteiger partial charge in [0.2, 0.25) is 5.91 Å². The molecular formula is C22H25N3O. The molecule has 1 amide bonds. The zero-order chi connectivity index (χ0) is 17.9. The van der Waals surface area contributed by atoms with Crippen LogP contribution in [0.25, 0.3) is 5.52 Å². The van der Waals surface area contributed by atoms with E-state index in [2.05, 4.69) is 34.1 Å².